The quantitative estimate of drug-likeness (QED) is 0.170. The number of pyridine rings is 2. The van der Waals surface area contributed by atoms with E-state index in [4.69, 9.17) is 0 Å². The zero-order chi connectivity index (χ0) is 27.0. The minimum atomic E-state index is -0.116. The lowest BCUT2D eigenvalue weighted by Crippen LogP contribution is -2.80. The van der Waals surface area contributed by atoms with Crippen LogP contribution in [0.25, 0.3) is 33.6 Å². The monoisotopic (exact) mass is 518 g/mol. The summed E-state index contributed by atoms with van der Waals surface area (Å²) in [6, 6.07) is 38.8. The molecule has 0 bridgehead atoms. The van der Waals surface area contributed by atoms with E-state index >= 15 is 0 Å². The van der Waals surface area contributed by atoms with Crippen molar-refractivity contribution in [2.45, 2.75) is 43.7 Å². The molecule has 5 aromatic rings. The third-order valence-corrected chi connectivity index (χ3v) is 9.92. The first-order chi connectivity index (χ1) is 19.6. The largest absolute Gasteiger partial charge is 0.213 e. The molecular weight excluding hydrogens is 484 g/mol. The molecule has 2 nitrogen and oxygen atoms in total. The summed E-state index contributed by atoms with van der Waals surface area (Å²) >= 11 is 0. The van der Waals surface area contributed by atoms with Gasteiger partial charge in [0, 0.05) is 30.7 Å². The molecule has 4 atom stereocenters. The van der Waals surface area contributed by atoms with Crippen LogP contribution in [-0.2, 0) is 12.0 Å². The van der Waals surface area contributed by atoms with Gasteiger partial charge in [0.2, 0.25) is 11.4 Å². The number of aromatic nitrogens is 2. The lowest BCUT2D eigenvalue weighted by Gasteiger charge is -2.56. The summed E-state index contributed by atoms with van der Waals surface area (Å²) < 4.78 is 5.18. The molecule has 1 saturated carbocycles. The number of nitrogens with zero attached hydrogens (tertiary/aromatic N) is 2. The van der Waals surface area contributed by atoms with Crippen LogP contribution in [-0.4, -0.2) is 0 Å². The van der Waals surface area contributed by atoms with Crippen LogP contribution >= 0.6 is 0 Å². The second kappa shape index (κ2) is 8.60. The predicted molar refractivity (Wildman–Crippen MR) is 161 cm³/mol. The van der Waals surface area contributed by atoms with Gasteiger partial charge in [-0.2, -0.15) is 9.13 Å². The van der Waals surface area contributed by atoms with Gasteiger partial charge < -0.3 is 0 Å². The maximum atomic E-state index is 4.45. The first-order valence-electron chi connectivity index (χ1n) is 14.6. The van der Waals surface area contributed by atoms with Crippen molar-refractivity contribution in [3.05, 3.63) is 145 Å². The molecular formula is C38H34N2+2. The third-order valence-electron chi connectivity index (χ3n) is 9.92. The molecule has 40 heavy (non-hydrogen) atoms. The Morgan fingerprint density at radius 2 is 1.57 bits per heavy atom. The molecule has 8 rings (SSSR count). The minimum Gasteiger partial charge on any atom is -0.194 e. The Morgan fingerprint density at radius 1 is 0.775 bits per heavy atom. The van der Waals surface area contributed by atoms with Crippen LogP contribution < -0.4 is 9.13 Å². The summed E-state index contributed by atoms with van der Waals surface area (Å²) in [5.74, 6) is 1.11. The minimum absolute atomic E-state index is 0.116. The molecule has 1 fully saturated rings. The van der Waals surface area contributed by atoms with Crippen molar-refractivity contribution in [3.63, 3.8) is 0 Å². The van der Waals surface area contributed by atoms with Crippen molar-refractivity contribution in [2.24, 2.45) is 5.92 Å². The molecule has 3 aliphatic rings. The van der Waals surface area contributed by atoms with Gasteiger partial charge in [-0.05, 0) is 51.9 Å². The number of hydrogen-bond acceptors (Lipinski definition) is 0. The van der Waals surface area contributed by atoms with E-state index in [-0.39, 0.29) is 5.54 Å². The van der Waals surface area contributed by atoms with Gasteiger partial charge in [0.05, 0.1) is 11.1 Å². The van der Waals surface area contributed by atoms with E-state index in [2.05, 4.69) is 151 Å². The highest BCUT2D eigenvalue weighted by Gasteiger charge is 2.75. The van der Waals surface area contributed by atoms with Crippen LogP contribution in [0.15, 0.2) is 128 Å². The van der Waals surface area contributed by atoms with Gasteiger partial charge in [-0.25, -0.2) is 0 Å². The van der Waals surface area contributed by atoms with Gasteiger partial charge >= 0.3 is 0 Å². The first kappa shape index (κ1) is 23.6. The van der Waals surface area contributed by atoms with Crippen molar-refractivity contribution in [2.75, 3.05) is 0 Å². The van der Waals surface area contributed by atoms with E-state index < -0.39 is 0 Å². The molecule has 4 unspecified atom stereocenters. The average molecular weight is 519 g/mol. The fourth-order valence-corrected chi connectivity index (χ4v) is 8.12. The van der Waals surface area contributed by atoms with Crippen LogP contribution in [0, 0.1) is 5.92 Å². The Labute approximate surface area is 236 Å². The van der Waals surface area contributed by atoms with E-state index in [1.807, 2.05) is 0 Å². The number of benzene rings is 3. The topological polar surface area (TPSA) is 7.76 Å². The number of hydrogen-bond donors (Lipinski definition) is 0. The summed E-state index contributed by atoms with van der Waals surface area (Å²) in [6.45, 7) is 9.04. The number of rotatable bonds is 3. The van der Waals surface area contributed by atoms with E-state index in [9.17, 15) is 0 Å². The molecule has 1 spiro atoms. The molecule has 2 aromatic heterocycles. The molecule has 2 aliphatic heterocycles. The average Bonchev–Trinajstić information content (AvgIpc) is 3.00. The lowest BCUT2D eigenvalue weighted by atomic mass is 9.48. The highest BCUT2D eigenvalue weighted by Crippen LogP contribution is 2.64. The van der Waals surface area contributed by atoms with Crippen LogP contribution in [0.5, 0.6) is 0 Å². The maximum absolute atomic E-state index is 4.45. The molecule has 0 saturated heterocycles. The van der Waals surface area contributed by atoms with Crippen molar-refractivity contribution in [1.82, 2.24) is 0 Å². The van der Waals surface area contributed by atoms with Gasteiger partial charge in [-0.15, -0.1) is 6.58 Å². The smallest absolute Gasteiger partial charge is 0.194 e. The van der Waals surface area contributed by atoms with Gasteiger partial charge in [-0.3, -0.25) is 0 Å². The Morgan fingerprint density at radius 3 is 2.40 bits per heavy atom. The molecule has 2 heteroatoms. The SMILES string of the molecule is C=CC1C2C(c3ccccc3-c3cccc[n+]32)C12Cc1ccc(-c3ccccc3)cc1-c1cc(C(C)C)cc[n+]12. The molecule has 3 aromatic carbocycles. The number of fused-ring (bicyclic) bond motifs is 11. The number of allylic oxidation sites excluding steroid dienone is 1. The highest BCUT2D eigenvalue weighted by atomic mass is 15.2. The van der Waals surface area contributed by atoms with E-state index in [1.54, 1.807) is 0 Å². The van der Waals surface area contributed by atoms with Gasteiger partial charge in [0.25, 0.3) is 0 Å². The molecule has 0 N–H and O–H groups in total. The standard InChI is InChI=1S/C38H34N2/c1-4-33-37-36(31-15-9-8-14-30(31)34-16-10-11-20-39(34)37)38(33)24-29-18-17-28(26-12-6-5-7-13-26)22-32(29)35-23-27(25(2)3)19-21-40(35)38/h4-23,25,33,36-37H,1,24H2,2-3H3/q+2. The van der Waals surface area contributed by atoms with Crippen LogP contribution in [0.3, 0.4) is 0 Å². The lowest BCUT2D eigenvalue weighted by molar-refractivity contribution is -0.837. The predicted octanol–water partition coefficient (Wildman–Crippen LogP) is 7.79. The van der Waals surface area contributed by atoms with Crippen LogP contribution in [0.4, 0.5) is 0 Å². The van der Waals surface area contributed by atoms with Crippen molar-refractivity contribution in [1.29, 1.82) is 0 Å². The Kier molecular flexibility index (Phi) is 5.07. The fourth-order valence-electron chi connectivity index (χ4n) is 8.12. The summed E-state index contributed by atoms with van der Waals surface area (Å²) in [6.07, 6.45) is 7.91. The molecule has 0 radical (unpaired) electrons. The zero-order valence-electron chi connectivity index (χ0n) is 23.2. The molecule has 0 amide bonds. The van der Waals surface area contributed by atoms with Gasteiger partial charge in [0.1, 0.15) is 11.8 Å². The molecule has 194 valence electrons. The maximum Gasteiger partial charge on any atom is 0.213 e. The summed E-state index contributed by atoms with van der Waals surface area (Å²) in [5.41, 5.74) is 12.1. The Hall–Kier alpha value is -4.30. The Balaban J connectivity index is 1.38. The van der Waals surface area contributed by atoms with Crippen LogP contribution in [0.1, 0.15) is 48.4 Å². The van der Waals surface area contributed by atoms with Gasteiger partial charge in [-0.1, -0.05) is 80.6 Å². The molecule has 1 aliphatic carbocycles. The molecule has 4 heterocycles. The van der Waals surface area contributed by atoms with E-state index in [1.165, 1.54) is 50.3 Å². The first-order valence-corrected chi connectivity index (χ1v) is 14.6. The third kappa shape index (κ3) is 3.05. The van der Waals surface area contributed by atoms with E-state index in [0.717, 1.165) is 6.42 Å². The zero-order valence-corrected chi connectivity index (χ0v) is 23.2. The van der Waals surface area contributed by atoms with Crippen LogP contribution in [0.2, 0.25) is 0 Å². The summed E-state index contributed by atoms with van der Waals surface area (Å²) in [4.78, 5) is 0. The van der Waals surface area contributed by atoms with Gasteiger partial charge in [0.15, 0.2) is 24.0 Å². The normalized spacial score (nSPS) is 23.3. The van der Waals surface area contributed by atoms with Crippen molar-refractivity contribution < 1.29 is 9.13 Å². The van der Waals surface area contributed by atoms with Crippen molar-refractivity contribution in [3.8, 4) is 33.6 Å². The Bertz CT molecular complexity index is 1800. The second-order valence-electron chi connectivity index (χ2n) is 12.1. The van der Waals surface area contributed by atoms with E-state index in [0.29, 0.717) is 23.8 Å². The van der Waals surface area contributed by atoms with Crippen molar-refractivity contribution >= 4 is 0 Å². The highest BCUT2D eigenvalue weighted by molar-refractivity contribution is 5.74. The summed E-state index contributed by atoms with van der Waals surface area (Å²) in [7, 11) is 0. The second-order valence-corrected chi connectivity index (χ2v) is 12.1. The fraction of sp³-hybridized carbons (Fsp3) is 0.211. The summed E-state index contributed by atoms with van der Waals surface area (Å²) in [5, 5.41) is 0.